The van der Waals surface area contributed by atoms with Gasteiger partial charge in [0.1, 0.15) is 18.1 Å². The summed E-state index contributed by atoms with van der Waals surface area (Å²) in [5.41, 5.74) is 14.4. The van der Waals surface area contributed by atoms with Crippen molar-refractivity contribution in [2.75, 3.05) is 0 Å². The molecule has 0 aliphatic carbocycles. The van der Waals surface area contributed by atoms with Gasteiger partial charge in [-0.2, -0.15) is 0 Å². The van der Waals surface area contributed by atoms with E-state index < -0.39 is 72.6 Å². The van der Waals surface area contributed by atoms with E-state index in [0.717, 1.165) is 27.4 Å². The number of aromatic amines is 2. The summed E-state index contributed by atoms with van der Waals surface area (Å²) >= 11 is 0. The number of H-pyrrole nitrogens is 2. The molecule has 0 saturated heterocycles. The van der Waals surface area contributed by atoms with Crippen molar-refractivity contribution in [1.82, 2.24) is 25.9 Å². The van der Waals surface area contributed by atoms with Gasteiger partial charge in [0, 0.05) is 40.6 Å². The van der Waals surface area contributed by atoms with Crippen LogP contribution in [0.5, 0.6) is 0 Å². The molecule has 15 nitrogen and oxygen atoms in total. The third kappa shape index (κ3) is 8.23. The van der Waals surface area contributed by atoms with E-state index in [2.05, 4.69) is 25.9 Å². The van der Waals surface area contributed by atoms with Gasteiger partial charge in [0.25, 0.3) is 0 Å². The van der Waals surface area contributed by atoms with E-state index in [4.69, 9.17) is 16.6 Å². The van der Waals surface area contributed by atoms with Gasteiger partial charge in [-0.3, -0.25) is 24.0 Å². The molecule has 2 aromatic carbocycles. The number of fused-ring (bicyclic) bond motifs is 2. The van der Waals surface area contributed by atoms with E-state index in [1.54, 1.807) is 36.7 Å². The van der Waals surface area contributed by atoms with Crippen molar-refractivity contribution in [3.8, 4) is 0 Å². The van der Waals surface area contributed by atoms with Crippen LogP contribution >= 0.6 is 0 Å². The number of benzene rings is 2. The van der Waals surface area contributed by atoms with E-state index in [1.807, 2.05) is 24.3 Å². The molecular formula is C30H33N7O8. The first kappa shape index (κ1) is 32.2. The van der Waals surface area contributed by atoms with E-state index in [0.29, 0.717) is 5.56 Å². The summed E-state index contributed by atoms with van der Waals surface area (Å²) in [6.45, 7) is 0. The molecule has 4 amide bonds. The highest BCUT2D eigenvalue weighted by atomic mass is 16.4. The Hall–Kier alpha value is -5.70. The first-order valence-electron chi connectivity index (χ1n) is 13.9. The van der Waals surface area contributed by atoms with Crippen LogP contribution in [-0.4, -0.2) is 79.9 Å². The molecule has 0 saturated carbocycles. The molecule has 2 heterocycles. The minimum Gasteiger partial charge on any atom is -0.481 e. The standard InChI is InChI=1S/C30H33N7O8/c31-19(9-15-13-33-20-7-3-1-5-17(15)20)27(41)35-23(11-25(32)38)29(43)36-22(28(42)37-24(30(44)45)12-26(39)40)10-16-14-34-21-8-4-2-6-18(16)21/h1-8,13-14,19,22-24,33-34H,9-12,31H2,(H2,32,38)(H,35,41)(H,36,43)(H,37,42)(H,39,40)(H,44,45). The second-order valence-corrected chi connectivity index (χ2v) is 10.5. The van der Waals surface area contributed by atoms with Crippen LogP contribution in [0.2, 0.25) is 0 Å². The zero-order chi connectivity index (χ0) is 32.7. The highest BCUT2D eigenvalue weighted by molar-refractivity contribution is 5.97. The highest BCUT2D eigenvalue weighted by Crippen LogP contribution is 2.20. The number of aliphatic carboxylic acids is 2. The van der Waals surface area contributed by atoms with Gasteiger partial charge in [-0.25, -0.2) is 4.79 Å². The van der Waals surface area contributed by atoms with Crippen LogP contribution in [0.15, 0.2) is 60.9 Å². The summed E-state index contributed by atoms with van der Waals surface area (Å²) in [6, 6.07) is 8.63. The fourth-order valence-electron chi connectivity index (χ4n) is 4.97. The van der Waals surface area contributed by atoms with Crippen molar-refractivity contribution in [2.45, 2.75) is 49.9 Å². The molecule has 4 rings (SSSR count). The van der Waals surface area contributed by atoms with Gasteiger partial charge in [-0.1, -0.05) is 36.4 Å². The molecule has 0 radical (unpaired) electrons. The number of amides is 4. The Bertz CT molecular complexity index is 1750. The first-order valence-corrected chi connectivity index (χ1v) is 13.9. The van der Waals surface area contributed by atoms with Gasteiger partial charge in [0.15, 0.2) is 0 Å². The molecule has 4 aromatic rings. The lowest BCUT2D eigenvalue weighted by atomic mass is 10.0. The van der Waals surface area contributed by atoms with Crippen molar-refractivity contribution in [3.05, 3.63) is 72.1 Å². The second kappa shape index (κ2) is 14.2. The zero-order valence-electron chi connectivity index (χ0n) is 23.9. The molecule has 4 unspecified atom stereocenters. The number of carbonyl (C=O) groups excluding carboxylic acids is 4. The fourth-order valence-corrected chi connectivity index (χ4v) is 4.97. The van der Waals surface area contributed by atoms with E-state index in [-0.39, 0.29) is 12.8 Å². The van der Waals surface area contributed by atoms with Crippen LogP contribution in [0, 0.1) is 0 Å². The number of primary amides is 1. The van der Waals surface area contributed by atoms with Crippen molar-refractivity contribution >= 4 is 57.4 Å². The summed E-state index contributed by atoms with van der Waals surface area (Å²) in [7, 11) is 0. The number of para-hydroxylation sites is 2. The lowest BCUT2D eigenvalue weighted by Gasteiger charge is -2.24. The van der Waals surface area contributed by atoms with Crippen LogP contribution in [0.1, 0.15) is 24.0 Å². The average molecular weight is 620 g/mol. The first-order chi connectivity index (χ1) is 21.4. The monoisotopic (exact) mass is 619 g/mol. The summed E-state index contributed by atoms with van der Waals surface area (Å²) in [5.74, 6) is -6.70. The van der Waals surface area contributed by atoms with E-state index in [9.17, 15) is 33.9 Å². The number of nitrogens with two attached hydrogens (primary N) is 2. The number of aromatic nitrogens is 2. The Morgan fingerprint density at radius 1 is 0.667 bits per heavy atom. The number of hydrogen-bond donors (Lipinski definition) is 9. The van der Waals surface area contributed by atoms with Gasteiger partial charge in [-0.05, 0) is 29.7 Å². The van der Waals surface area contributed by atoms with Gasteiger partial charge < -0.3 is 47.6 Å². The molecule has 11 N–H and O–H groups in total. The lowest BCUT2D eigenvalue weighted by Crippen LogP contribution is -2.58. The maximum Gasteiger partial charge on any atom is 0.326 e. The average Bonchev–Trinajstić information content (AvgIpc) is 3.59. The Kier molecular flexibility index (Phi) is 10.2. The van der Waals surface area contributed by atoms with Gasteiger partial charge in [0.2, 0.25) is 23.6 Å². The lowest BCUT2D eigenvalue weighted by molar-refractivity contribution is -0.147. The normalized spacial score (nSPS) is 13.8. The van der Waals surface area contributed by atoms with Crippen molar-refractivity contribution in [1.29, 1.82) is 0 Å². The number of rotatable bonds is 15. The largest absolute Gasteiger partial charge is 0.481 e. The van der Waals surface area contributed by atoms with E-state index in [1.165, 1.54) is 0 Å². The van der Waals surface area contributed by atoms with E-state index >= 15 is 0 Å². The number of carboxylic acids is 2. The number of nitrogens with one attached hydrogen (secondary N) is 5. The Morgan fingerprint density at radius 3 is 1.69 bits per heavy atom. The molecule has 15 heteroatoms. The molecule has 0 spiro atoms. The van der Waals surface area contributed by atoms with Gasteiger partial charge >= 0.3 is 11.9 Å². The summed E-state index contributed by atoms with van der Waals surface area (Å²) < 4.78 is 0. The Balaban J connectivity index is 1.53. The molecule has 0 aliphatic rings. The topological polar surface area (TPSA) is 263 Å². The molecule has 0 aliphatic heterocycles. The van der Waals surface area contributed by atoms with Crippen molar-refractivity contribution < 1.29 is 39.0 Å². The molecule has 2 aromatic heterocycles. The van der Waals surface area contributed by atoms with Crippen LogP contribution in [0.4, 0.5) is 0 Å². The Morgan fingerprint density at radius 2 is 1.16 bits per heavy atom. The number of hydrogen-bond acceptors (Lipinski definition) is 7. The predicted molar refractivity (Wildman–Crippen MR) is 161 cm³/mol. The SMILES string of the molecule is NC(=O)CC(NC(=O)C(N)Cc1c[nH]c2ccccc12)C(=O)NC(Cc1c[nH]c2ccccc12)C(=O)NC(CC(=O)O)C(=O)O. The highest BCUT2D eigenvalue weighted by Gasteiger charge is 2.32. The molecule has 236 valence electrons. The van der Waals surface area contributed by atoms with Crippen molar-refractivity contribution in [3.63, 3.8) is 0 Å². The maximum absolute atomic E-state index is 13.5. The molecular weight excluding hydrogens is 586 g/mol. The minimum atomic E-state index is -1.79. The summed E-state index contributed by atoms with van der Waals surface area (Å²) in [4.78, 5) is 80.6. The third-order valence-electron chi connectivity index (χ3n) is 7.22. The third-order valence-corrected chi connectivity index (χ3v) is 7.22. The molecule has 0 bridgehead atoms. The zero-order valence-corrected chi connectivity index (χ0v) is 23.9. The summed E-state index contributed by atoms with van der Waals surface area (Å²) in [6.07, 6.45) is 1.73. The van der Waals surface area contributed by atoms with Crippen molar-refractivity contribution in [2.24, 2.45) is 11.5 Å². The van der Waals surface area contributed by atoms with Gasteiger partial charge in [-0.15, -0.1) is 0 Å². The van der Waals surface area contributed by atoms with Crippen LogP contribution in [0.3, 0.4) is 0 Å². The quantitative estimate of drug-likeness (QED) is 0.0841. The predicted octanol–water partition coefficient (Wildman–Crippen LogP) is -0.349. The minimum absolute atomic E-state index is 0.104. The molecule has 4 atom stereocenters. The van der Waals surface area contributed by atoms with Crippen LogP contribution in [-0.2, 0) is 41.6 Å². The smallest absolute Gasteiger partial charge is 0.326 e. The van der Waals surface area contributed by atoms with Gasteiger partial charge in [0.05, 0.1) is 18.9 Å². The second-order valence-electron chi connectivity index (χ2n) is 10.5. The fraction of sp³-hybridized carbons (Fsp3) is 0.267. The molecule has 45 heavy (non-hydrogen) atoms. The molecule has 0 fully saturated rings. The number of carboxylic acid groups (broad SMARTS) is 2. The van der Waals surface area contributed by atoms with Crippen LogP contribution in [0.25, 0.3) is 21.8 Å². The maximum atomic E-state index is 13.5. The number of carbonyl (C=O) groups is 6. The van der Waals surface area contributed by atoms with Crippen LogP contribution < -0.4 is 27.4 Å². The summed E-state index contributed by atoms with van der Waals surface area (Å²) in [5, 5.41) is 27.1. The Labute approximate surface area is 255 Å².